The molecule has 0 fully saturated rings. The predicted octanol–water partition coefficient (Wildman–Crippen LogP) is 1.79. The van der Waals surface area contributed by atoms with Gasteiger partial charge in [-0.1, -0.05) is 0 Å². The molecule has 16 heavy (non-hydrogen) atoms. The van der Waals surface area contributed by atoms with E-state index in [0.29, 0.717) is 6.54 Å². The Morgan fingerprint density at radius 1 is 1.44 bits per heavy atom. The Balaban J connectivity index is 1.93. The minimum atomic E-state index is -0.314. The molecule has 0 radical (unpaired) electrons. The van der Waals surface area contributed by atoms with Crippen molar-refractivity contribution in [3.63, 3.8) is 0 Å². The van der Waals surface area contributed by atoms with Crippen LogP contribution in [0, 0.1) is 5.82 Å². The van der Waals surface area contributed by atoms with Gasteiger partial charge >= 0.3 is 0 Å². The number of aromatic nitrogens is 3. The number of hydrogen-bond donors (Lipinski definition) is 2. The summed E-state index contributed by atoms with van der Waals surface area (Å²) in [5.74, 6) is -0.314. The molecule has 2 heterocycles. The van der Waals surface area contributed by atoms with E-state index in [-0.39, 0.29) is 11.9 Å². The third kappa shape index (κ3) is 2.64. The van der Waals surface area contributed by atoms with Crippen molar-refractivity contribution >= 4 is 0 Å². The van der Waals surface area contributed by atoms with Crippen LogP contribution in [-0.4, -0.2) is 15.2 Å². The Morgan fingerprint density at radius 2 is 2.31 bits per heavy atom. The largest absolute Gasteiger partial charge is 0.305 e. The first-order valence-electron chi connectivity index (χ1n) is 5.08. The van der Waals surface area contributed by atoms with E-state index in [1.54, 1.807) is 12.3 Å². The number of H-pyrrole nitrogens is 1. The highest BCUT2D eigenvalue weighted by molar-refractivity contribution is 5.10. The molecule has 2 rings (SSSR count). The van der Waals surface area contributed by atoms with Gasteiger partial charge in [-0.15, -0.1) is 0 Å². The van der Waals surface area contributed by atoms with E-state index in [1.165, 1.54) is 12.3 Å². The Kier molecular flexibility index (Phi) is 3.26. The smallest absolute Gasteiger partial charge is 0.141 e. The van der Waals surface area contributed by atoms with E-state index in [4.69, 9.17) is 0 Å². The van der Waals surface area contributed by atoms with E-state index in [9.17, 15) is 4.39 Å². The first-order valence-corrected chi connectivity index (χ1v) is 5.08. The summed E-state index contributed by atoms with van der Waals surface area (Å²) in [6.07, 6.45) is 4.82. The van der Waals surface area contributed by atoms with Gasteiger partial charge in [0, 0.05) is 24.3 Å². The lowest BCUT2D eigenvalue weighted by atomic mass is 10.2. The summed E-state index contributed by atoms with van der Waals surface area (Å²) in [6.45, 7) is 2.69. The maximum atomic E-state index is 12.7. The molecule has 0 bridgehead atoms. The molecule has 0 aliphatic heterocycles. The van der Waals surface area contributed by atoms with Gasteiger partial charge in [-0.2, -0.15) is 5.10 Å². The van der Waals surface area contributed by atoms with Crippen molar-refractivity contribution in [3.8, 4) is 0 Å². The fraction of sp³-hybridized carbons (Fsp3) is 0.273. The molecule has 0 aliphatic carbocycles. The Bertz CT molecular complexity index is 424. The van der Waals surface area contributed by atoms with Gasteiger partial charge in [0.25, 0.3) is 0 Å². The molecule has 2 aromatic heterocycles. The maximum Gasteiger partial charge on any atom is 0.141 e. The second-order valence-corrected chi connectivity index (χ2v) is 3.61. The van der Waals surface area contributed by atoms with Crippen molar-refractivity contribution in [2.45, 2.75) is 19.5 Å². The van der Waals surface area contributed by atoms with Crippen molar-refractivity contribution in [1.82, 2.24) is 20.5 Å². The number of aromatic amines is 1. The van der Waals surface area contributed by atoms with Gasteiger partial charge in [0.1, 0.15) is 5.82 Å². The first kappa shape index (κ1) is 10.8. The van der Waals surface area contributed by atoms with Crippen LogP contribution in [0.4, 0.5) is 4.39 Å². The second-order valence-electron chi connectivity index (χ2n) is 3.61. The average molecular weight is 220 g/mol. The molecule has 0 aliphatic rings. The van der Waals surface area contributed by atoms with Crippen molar-refractivity contribution in [3.05, 3.63) is 47.8 Å². The topological polar surface area (TPSA) is 53.6 Å². The lowest BCUT2D eigenvalue weighted by Crippen LogP contribution is -2.18. The summed E-state index contributed by atoms with van der Waals surface area (Å²) < 4.78 is 12.7. The van der Waals surface area contributed by atoms with Crippen molar-refractivity contribution in [2.24, 2.45) is 0 Å². The van der Waals surface area contributed by atoms with E-state index >= 15 is 0 Å². The highest BCUT2D eigenvalue weighted by Crippen LogP contribution is 2.10. The van der Waals surface area contributed by atoms with Crippen LogP contribution in [0.5, 0.6) is 0 Å². The molecule has 2 aromatic rings. The number of hydrogen-bond acceptors (Lipinski definition) is 3. The van der Waals surface area contributed by atoms with Crippen LogP contribution in [0.15, 0.2) is 30.7 Å². The normalized spacial score (nSPS) is 12.6. The molecule has 0 spiro atoms. The SMILES string of the molecule is CC(NCc1cn[nH]c1)c1ccc(F)cn1. The van der Waals surface area contributed by atoms with Gasteiger partial charge in [-0.05, 0) is 19.1 Å². The fourth-order valence-electron chi connectivity index (χ4n) is 1.39. The quantitative estimate of drug-likeness (QED) is 0.826. The molecule has 0 aromatic carbocycles. The first-order chi connectivity index (χ1) is 7.75. The monoisotopic (exact) mass is 220 g/mol. The Hall–Kier alpha value is -1.75. The van der Waals surface area contributed by atoms with Gasteiger partial charge in [0.05, 0.1) is 18.1 Å². The summed E-state index contributed by atoms with van der Waals surface area (Å²) in [7, 11) is 0. The van der Waals surface area contributed by atoms with Crippen LogP contribution in [0.2, 0.25) is 0 Å². The highest BCUT2D eigenvalue weighted by Gasteiger charge is 2.06. The Labute approximate surface area is 92.9 Å². The van der Waals surface area contributed by atoms with Gasteiger partial charge < -0.3 is 5.32 Å². The molecule has 5 heteroatoms. The zero-order valence-corrected chi connectivity index (χ0v) is 8.94. The molecule has 84 valence electrons. The molecule has 0 saturated carbocycles. The van der Waals surface area contributed by atoms with Crippen LogP contribution in [-0.2, 0) is 6.54 Å². The third-order valence-corrected chi connectivity index (χ3v) is 2.36. The molecule has 1 atom stereocenters. The van der Waals surface area contributed by atoms with E-state index in [0.717, 1.165) is 11.3 Å². The van der Waals surface area contributed by atoms with Crippen LogP contribution in [0.25, 0.3) is 0 Å². The standard InChI is InChI=1S/C11H13FN4/c1-8(11-3-2-10(12)7-14-11)13-4-9-5-15-16-6-9/h2-3,5-8,13H,4H2,1H3,(H,15,16). The minimum Gasteiger partial charge on any atom is -0.305 e. The fourth-order valence-corrected chi connectivity index (χ4v) is 1.39. The molecule has 0 amide bonds. The summed E-state index contributed by atoms with van der Waals surface area (Å²) in [6, 6.07) is 3.18. The lowest BCUT2D eigenvalue weighted by Gasteiger charge is -2.12. The highest BCUT2D eigenvalue weighted by atomic mass is 19.1. The zero-order valence-electron chi connectivity index (χ0n) is 8.94. The number of rotatable bonds is 4. The van der Waals surface area contributed by atoms with Gasteiger partial charge in [0.2, 0.25) is 0 Å². The van der Waals surface area contributed by atoms with Crippen molar-refractivity contribution in [2.75, 3.05) is 0 Å². The van der Waals surface area contributed by atoms with Crippen molar-refractivity contribution < 1.29 is 4.39 Å². The zero-order chi connectivity index (χ0) is 11.4. The summed E-state index contributed by atoms with van der Waals surface area (Å²) in [4.78, 5) is 4.02. The van der Waals surface area contributed by atoms with Gasteiger partial charge in [0.15, 0.2) is 0 Å². The number of nitrogens with one attached hydrogen (secondary N) is 2. The maximum absolute atomic E-state index is 12.7. The second kappa shape index (κ2) is 4.85. The van der Waals surface area contributed by atoms with Gasteiger partial charge in [-0.25, -0.2) is 4.39 Å². The van der Waals surface area contributed by atoms with Crippen LogP contribution < -0.4 is 5.32 Å². The number of nitrogens with zero attached hydrogens (tertiary/aromatic N) is 2. The van der Waals surface area contributed by atoms with Crippen molar-refractivity contribution in [1.29, 1.82) is 0 Å². The van der Waals surface area contributed by atoms with E-state index in [1.807, 2.05) is 13.1 Å². The third-order valence-electron chi connectivity index (χ3n) is 2.36. The molecular weight excluding hydrogens is 207 g/mol. The molecular formula is C11H13FN4. The molecule has 4 nitrogen and oxygen atoms in total. The van der Waals surface area contributed by atoms with Crippen LogP contribution >= 0.6 is 0 Å². The predicted molar refractivity (Wildman–Crippen MR) is 58.0 cm³/mol. The van der Waals surface area contributed by atoms with E-state index in [2.05, 4.69) is 20.5 Å². The summed E-state index contributed by atoms with van der Waals surface area (Å²) in [5, 5.41) is 9.88. The summed E-state index contributed by atoms with van der Waals surface area (Å²) >= 11 is 0. The average Bonchev–Trinajstić information content (AvgIpc) is 2.80. The number of halogens is 1. The molecule has 2 N–H and O–H groups in total. The Morgan fingerprint density at radius 3 is 2.94 bits per heavy atom. The molecule has 0 saturated heterocycles. The lowest BCUT2D eigenvalue weighted by molar-refractivity contribution is 0.554. The van der Waals surface area contributed by atoms with E-state index < -0.39 is 0 Å². The van der Waals surface area contributed by atoms with Crippen LogP contribution in [0.1, 0.15) is 24.2 Å². The van der Waals surface area contributed by atoms with Crippen LogP contribution in [0.3, 0.4) is 0 Å². The molecule has 1 unspecified atom stereocenters. The minimum absolute atomic E-state index is 0.0792. The summed E-state index contributed by atoms with van der Waals surface area (Å²) in [5.41, 5.74) is 1.90. The number of pyridine rings is 1. The van der Waals surface area contributed by atoms with Gasteiger partial charge in [-0.3, -0.25) is 10.1 Å².